The lowest BCUT2D eigenvalue weighted by atomic mass is 10.2. The summed E-state index contributed by atoms with van der Waals surface area (Å²) in [4.78, 5) is 3.94. The quantitative estimate of drug-likeness (QED) is 0.767. The standard InChI is InChI=1S/C9H9FN4/c10-8-4-7(5-11)9(12-6-8)14-3-1-2-13-14/h1-4,6H,5,11H2. The second-order valence-corrected chi connectivity index (χ2v) is 2.79. The normalized spacial score (nSPS) is 10.4. The fourth-order valence-electron chi connectivity index (χ4n) is 1.22. The van der Waals surface area contributed by atoms with E-state index in [0.717, 1.165) is 6.20 Å². The second kappa shape index (κ2) is 3.55. The van der Waals surface area contributed by atoms with Crippen LogP contribution >= 0.6 is 0 Å². The molecule has 14 heavy (non-hydrogen) atoms. The predicted octanol–water partition coefficient (Wildman–Crippen LogP) is 0.865. The molecule has 2 N–H and O–H groups in total. The zero-order valence-corrected chi connectivity index (χ0v) is 7.39. The minimum absolute atomic E-state index is 0.236. The first-order chi connectivity index (χ1) is 6.81. The summed E-state index contributed by atoms with van der Waals surface area (Å²) in [5.41, 5.74) is 6.11. The summed E-state index contributed by atoms with van der Waals surface area (Å²) in [6.45, 7) is 0.236. The van der Waals surface area contributed by atoms with Crippen LogP contribution in [0, 0.1) is 5.82 Å². The van der Waals surface area contributed by atoms with Gasteiger partial charge >= 0.3 is 0 Å². The lowest BCUT2D eigenvalue weighted by molar-refractivity contribution is 0.615. The average Bonchev–Trinajstić information content (AvgIpc) is 2.70. The van der Waals surface area contributed by atoms with E-state index in [-0.39, 0.29) is 12.4 Å². The molecule has 0 aromatic carbocycles. The maximum atomic E-state index is 12.8. The fraction of sp³-hybridized carbons (Fsp3) is 0.111. The van der Waals surface area contributed by atoms with Crippen molar-refractivity contribution >= 4 is 0 Å². The lowest BCUT2D eigenvalue weighted by Gasteiger charge is -2.05. The third kappa shape index (κ3) is 1.49. The molecule has 2 rings (SSSR count). The summed E-state index contributed by atoms with van der Waals surface area (Å²) in [6, 6.07) is 3.13. The second-order valence-electron chi connectivity index (χ2n) is 2.79. The van der Waals surface area contributed by atoms with E-state index < -0.39 is 0 Å². The van der Waals surface area contributed by atoms with E-state index in [9.17, 15) is 4.39 Å². The molecule has 0 aliphatic rings. The van der Waals surface area contributed by atoms with Gasteiger partial charge in [-0.05, 0) is 12.1 Å². The molecule has 5 heteroatoms. The fourth-order valence-corrected chi connectivity index (χ4v) is 1.22. The molecule has 0 atom stereocenters. The van der Waals surface area contributed by atoms with Crippen molar-refractivity contribution in [2.75, 3.05) is 0 Å². The molecule has 2 aromatic heterocycles. The van der Waals surface area contributed by atoms with Crippen LogP contribution in [0.25, 0.3) is 5.82 Å². The number of nitrogens with two attached hydrogens (primary N) is 1. The Bertz CT molecular complexity index is 424. The zero-order chi connectivity index (χ0) is 9.97. The number of nitrogens with zero attached hydrogens (tertiary/aromatic N) is 3. The van der Waals surface area contributed by atoms with Crippen molar-refractivity contribution < 1.29 is 4.39 Å². The van der Waals surface area contributed by atoms with Gasteiger partial charge in [-0.15, -0.1) is 0 Å². The number of hydrogen-bond donors (Lipinski definition) is 1. The van der Waals surface area contributed by atoms with Crippen molar-refractivity contribution in [3.8, 4) is 5.82 Å². The first kappa shape index (κ1) is 8.83. The summed E-state index contributed by atoms with van der Waals surface area (Å²) in [5, 5.41) is 4.00. The Labute approximate surface area is 80.2 Å². The van der Waals surface area contributed by atoms with Gasteiger partial charge in [0.15, 0.2) is 5.82 Å². The molecule has 0 saturated carbocycles. The van der Waals surface area contributed by atoms with Crippen molar-refractivity contribution in [3.05, 3.63) is 42.1 Å². The van der Waals surface area contributed by atoms with Crippen LogP contribution in [0.15, 0.2) is 30.7 Å². The maximum absolute atomic E-state index is 12.8. The van der Waals surface area contributed by atoms with Crippen LogP contribution in [-0.4, -0.2) is 14.8 Å². The number of rotatable bonds is 2. The van der Waals surface area contributed by atoms with E-state index in [1.165, 1.54) is 6.07 Å². The van der Waals surface area contributed by atoms with Gasteiger partial charge in [0, 0.05) is 24.5 Å². The molecule has 0 amide bonds. The SMILES string of the molecule is NCc1cc(F)cnc1-n1cccn1. The Morgan fingerprint density at radius 3 is 3.00 bits per heavy atom. The largest absolute Gasteiger partial charge is 0.326 e. The Balaban J connectivity index is 2.53. The van der Waals surface area contributed by atoms with E-state index in [2.05, 4.69) is 10.1 Å². The Hall–Kier alpha value is -1.75. The summed E-state index contributed by atoms with van der Waals surface area (Å²) in [5.74, 6) is 0.181. The Morgan fingerprint density at radius 2 is 2.36 bits per heavy atom. The van der Waals surface area contributed by atoms with Gasteiger partial charge < -0.3 is 5.73 Å². The molecule has 0 saturated heterocycles. The molecule has 0 spiro atoms. The van der Waals surface area contributed by atoms with E-state index in [0.29, 0.717) is 11.4 Å². The van der Waals surface area contributed by atoms with Crippen molar-refractivity contribution in [2.24, 2.45) is 5.73 Å². The minimum Gasteiger partial charge on any atom is -0.326 e. The maximum Gasteiger partial charge on any atom is 0.157 e. The van der Waals surface area contributed by atoms with E-state index in [1.807, 2.05) is 0 Å². The van der Waals surface area contributed by atoms with Gasteiger partial charge in [-0.3, -0.25) is 0 Å². The highest BCUT2D eigenvalue weighted by molar-refractivity contribution is 5.32. The van der Waals surface area contributed by atoms with Gasteiger partial charge in [0.2, 0.25) is 0 Å². The van der Waals surface area contributed by atoms with Gasteiger partial charge in [0.1, 0.15) is 5.82 Å². The van der Waals surface area contributed by atoms with Crippen molar-refractivity contribution in [1.29, 1.82) is 0 Å². The zero-order valence-electron chi connectivity index (χ0n) is 7.39. The number of halogens is 1. The van der Waals surface area contributed by atoms with Crippen LogP contribution in [0.4, 0.5) is 4.39 Å². The molecule has 0 aliphatic heterocycles. The number of hydrogen-bond acceptors (Lipinski definition) is 3. The average molecular weight is 192 g/mol. The van der Waals surface area contributed by atoms with Crippen LogP contribution in [0.1, 0.15) is 5.56 Å². The van der Waals surface area contributed by atoms with E-state index >= 15 is 0 Å². The summed E-state index contributed by atoms with van der Waals surface area (Å²) in [6.07, 6.45) is 4.51. The summed E-state index contributed by atoms with van der Waals surface area (Å²) in [7, 11) is 0. The molecule has 0 unspecified atom stereocenters. The monoisotopic (exact) mass is 192 g/mol. The highest BCUT2D eigenvalue weighted by atomic mass is 19.1. The van der Waals surface area contributed by atoms with Crippen LogP contribution in [-0.2, 0) is 6.54 Å². The van der Waals surface area contributed by atoms with Gasteiger partial charge in [-0.2, -0.15) is 5.10 Å². The third-order valence-corrected chi connectivity index (χ3v) is 1.85. The Kier molecular flexibility index (Phi) is 2.24. The predicted molar refractivity (Wildman–Crippen MR) is 49.2 cm³/mol. The van der Waals surface area contributed by atoms with Gasteiger partial charge in [0.25, 0.3) is 0 Å². The first-order valence-electron chi connectivity index (χ1n) is 4.16. The first-order valence-corrected chi connectivity index (χ1v) is 4.16. The Morgan fingerprint density at radius 1 is 1.50 bits per heavy atom. The molecular formula is C9H9FN4. The smallest absolute Gasteiger partial charge is 0.157 e. The molecule has 0 radical (unpaired) electrons. The summed E-state index contributed by atoms with van der Waals surface area (Å²) >= 11 is 0. The molecule has 2 heterocycles. The summed E-state index contributed by atoms with van der Waals surface area (Å²) < 4.78 is 14.4. The van der Waals surface area contributed by atoms with Crippen LogP contribution in [0.2, 0.25) is 0 Å². The van der Waals surface area contributed by atoms with Gasteiger partial charge in [-0.1, -0.05) is 0 Å². The van der Waals surface area contributed by atoms with Crippen LogP contribution in [0.3, 0.4) is 0 Å². The van der Waals surface area contributed by atoms with Crippen molar-refractivity contribution in [2.45, 2.75) is 6.54 Å². The van der Waals surface area contributed by atoms with E-state index in [4.69, 9.17) is 5.73 Å². The van der Waals surface area contributed by atoms with Crippen molar-refractivity contribution in [1.82, 2.24) is 14.8 Å². The number of pyridine rings is 1. The van der Waals surface area contributed by atoms with Crippen LogP contribution in [0.5, 0.6) is 0 Å². The molecule has 4 nitrogen and oxygen atoms in total. The minimum atomic E-state index is -0.388. The molecule has 0 aliphatic carbocycles. The molecule has 0 fully saturated rings. The topological polar surface area (TPSA) is 56.7 Å². The molecule has 0 bridgehead atoms. The lowest BCUT2D eigenvalue weighted by Crippen LogP contribution is -2.07. The number of aromatic nitrogens is 3. The van der Waals surface area contributed by atoms with E-state index in [1.54, 1.807) is 23.1 Å². The highest BCUT2D eigenvalue weighted by Gasteiger charge is 2.06. The van der Waals surface area contributed by atoms with Gasteiger partial charge in [-0.25, -0.2) is 14.1 Å². The van der Waals surface area contributed by atoms with Gasteiger partial charge in [0.05, 0.1) is 6.20 Å². The van der Waals surface area contributed by atoms with Crippen molar-refractivity contribution in [3.63, 3.8) is 0 Å². The highest BCUT2D eigenvalue weighted by Crippen LogP contribution is 2.11. The van der Waals surface area contributed by atoms with Crippen LogP contribution < -0.4 is 5.73 Å². The molecule has 72 valence electrons. The third-order valence-electron chi connectivity index (χ3n) is 1.85. The molecular weight excluding hydrogens is 183 g/mol. The molecule has 2 aromatic rings.